The number of hydrogen-bond acceptors (Lipinski definition) is 7. The largest absolute Gasteiger partial charge is 0.447 e. The van der Waals surface area contributed by atoms with E-state index in [9.17, 15) is 19.5 Å². The second-order valence-corrected chi connectivity index (χ2v) is 12.8. The third kappa shape index (κ3) is 4.11. The first-order chi connectivity index (χ1) is 20.9. The van der Waals surface area contributed by atoms with Gasteiger partial charge < -0.3 is 14.6 Å². The number of ether oxygens (including phenoxy) is 2. The maximum atomic E-state index is 17.5. The molecule has 0 saturated heterocycles. The first kappa shape index (κ1) is 29.9. The van der Waals surface area contributed by atoms with Crippen LogP contribution in [0.25, 0.3) is 11.1 Å². The minimum atomic E-state index is -2.35. The Bertz CT molecular complexity index is 1620. The van der Waals surface area contributed by atoms with Crippen LogP contribution < -0.4 is 0 Å². The molecule has 0 amide bonds. The quantitative estimate of drug-likeness (QED) is 0.442. The van der Waals surface area contributed by atoms with Gasteiger partial charge in [0, 0.05) is 16.7 Å². The summed E-state index contributed by atoms with van der Waals surface area (Å²) in [6.07, 6.45) is -0.168. The third-order valence-electron chi connectivity index (χ3n) is 10.8. The lowest BCUT2D eigenvalue weighted by molar-refractivity contribution is -0.228. The molecule has 3 fully saturated rings. The van der Waals surface area contributed by atoms with Gasteiger partial charge in [-0.05, 0) is 79.5 Å². The summed E-state index contributed by atoms with van der Waals surface area (Å²) in [6.45, 7) is 2.55. The normalized spacial score (nSPS) is 37.1. The smallest absolute Gasteiger partial charge is 0.352 e. The number of fused-ring (bicyclic) bond motifs is 5. The van der Waals surface area contributed by atoms with Crippen LogP contribution in [0.4, 0.5) is 8.78 Å². The van der Waals surface area contributed by atoms with Crippen molar-refractivity contribution in [1.29, 1.82) is 5.26 Å². The number of benzene rings is 2. The number of aliphatic hydroxyl groups is 1. The van der Waals surface area contributed by atoms with Gasteiger partial charge in [0.15, 0.2) is 18.1 Å². The molecule has 0 bridgehead atoms. The van der Waals surface area contributed by atoms with Crippen molar-refractivity contribution in [2.45, 2.75) is 63.1 Å². The molecule has 4 aliphatic rings. The summed E-state index contributed by atoms with van der Waals surface area (Å²) >= 11 is 0. The lowest BCUT2D eigenvalue weighted by Gasteiger charge is -2.62. The van der Waals surface area contributed by atoms with E-state index < -0.39 is 70.5 Å². The Morgan fingerprint density at radius 2 is 1.75 bits per heavy atom. The van der Waals surface area contributed by atoms with Crippen molar-refractivity contribution < 1.29 is 37.7 Å². The molecule has 0 heterocycles. The number of nitrogens with zero attached hydrogens (tertiary/aromatic N) is 1. The number of carbonyl (C=O) groups excluding carboxylic acids is 3. The molecule has 2 unspecified atom stereocenters. The zero-order valence-electron chi connectivity index (χ0n) is 24.5. The number of ketones is 1. The number of rotatable bonds is 5. The van der Waals surface area contributed by atoms with E-state index in [4.69, 9.17) is 14.7 Å². The molecule has 0 aromatic heterocycles. The first-order valence-electron chi connectivity index (χ1n) is 14.8. The minimum Gasteiger partial charge on any atom is -0.447 e. The number of aliphatic hydroxyl groups excluding tert-OH is 1. The second-order valence-electron chi connectivity index (χ2n) is 12.8. The number of nitriles is 1. The van der Waals surface area contributed by atoms with Gasteiger partial charge in [-0.2, -0.15) is 5.26 Å². The summed E-state index contributed by atoms with van der Waals surface area (Å²) in [7, 11) is 0. The van der Waals surface area contributed by atoms with Crippen LogP contribution in [0.3, 0.4) is 0 Å². The fourth-order valence-corrected chi connectivity index (χ4v) is 8.60. The van der Waals surface area contributed by atoms with E-state index >= 15 is 8.78 Å². The summed E-state index contributed by atoms with van der Waals surface area (Å²) < 4.78 is 44.6. The van der Waals surface area contributed by atoms with E-state index in [2.05, 4.69) is 0 Å². The Morgan fingerprint density at radius 1 is 1.07 bits per heavy atom. The molecular formula is C35H33F2NO6. The second kappa shape index (κ2) is 10.5. The molecule has 1 N–H and O–H groups in total. The topological polar surface area (TPSA) is 114 Å². The van der Waals surface area contributed by atoms with Gasteiger partial charge in [0.1, 0.15) is 12.2 Å². The van der Waals surface area contributed by atoms with E-state index in [0.717, 1.165) is 17.2 Å². The van der Waals surface area contributed by atoms with Gasteiger partial charge in [-0.1, -0.05) is 55.5 Å². The molecule has 0 radical (unpaired) electrons. The van der Waals surface area contributed by atoms with Crippen LogP contribution in [-0.2, 0) is 19.1 Å². The van der Waals surface area contributed by atoms with Crippen molar-refractivity contribution >= 4 is 17.7 Å². The van der Waals surface area contributed by atoms with E-state index in [1.807, 2.05) is 30.3 Å². The molecule has 9 heteroatoms. The fourth-order valence-electron chi connectivity index (χ4n) is 8.60. The van der Waals surface area contributed by atoms with Crippen molar-refractivity contribution in [2.24, 2.45) is 22.7 Å². The summed E-state index contributed by atoms with van der Waals surface area (Å²) in [4.78, 5) is 39.5. The van der Waals surface area contributed by atoms with Gasteiger partial charge in [-0.25, -0.2) is 18.4 Å². The van der Waals surface area contributed by atoms with Crippen LogP contribution in [-0.4, -0.2) is 53.0 Å². The van der Waals surface area contributed by atoms with Crippen LogP contribution in [0, 0.1) is 34.0 Å². The highest BCUT2D eigenvalue weighted by Crippen LogP contribution is 2.70. The number of esters is 2. The van der Waals surface area contributed by atoms with Crippen molar-refractivity contribution in [1.82, 2.24) is 0 Å². The molecule has 8 atom stereocenters. The standard InChI is InChI=1S/C35H33F2NO6/c1-32-14-12-24(39)18-27(32)28(36)19-26-25-13-15-34(31(42)43-17-16-38,33(25,2)20-29(40)35(26,32)37)44-30(41)23-10-8-22(9-11-23)21-6-4-3-5-7-21/h3-12,14,18,25-26,28-29,40H,13,15,17,19-20H2,1-2H3/t25-,26-,28-,29-,32-,33-,34?,35?/m0/s1. The number of carbonyl (C=O) groups is 3. The van der Waals surface area contributed by atoms with Crippen LogP contribution in [0.15, 0.2) is 78.4 Å². The fraction of sp³-hybridized carbons (Fsp3) is 0.429. The third-order valence-corrected chi connectivity index (χ3v) is 10.8. The molecule has 2 aromatic carbocycles. The maximum absolute atomic E-state index is 17.5. The zero-order chi connectivity index (χ0) is 31.5. The van der Waals surface area contributed by atoms with Crippen molar-refractivity contribution in [3.63, 3.8) is 0 Å². The van der Waals surface area contributed by atoms with Crippen LogP contribution in [0.1, 0.15) is 49.9 Å². The van der Waals surface area contributed by atoms with E-state index in [1.54, 1.807) is 37.3 Å². The molecule has 7 nitrogen and oxygen atoms in total. The van der Waals surface area contributed by atoms with Crippen molar-refractivity contribution in [3.8, 4) is 17.2 Å². The minimum absolute atomic E-state index is 0.00512. The van der Waals surface area contributed by atoms with E-state index in [0.29, 0.717) is 0 Å². The number of allylic oxidation sites excluding steroid dienone is 4. The van der Waals surface area contributed by atoms with Crippen molar-refractivity contribution in [3.05, 3.63) is 84.0 Å². The summed E-state index contributed by atoms with van der Waals surface area (Å²) in [5.41, 5.74) is -5.29. The van der Waals surface area contributed by atoms with Crippen LogP contribution in [0.5, 0.6) is 0 Å². The van der Waals surface area contributed by atoms with Crippen LogP contribution >= 0.6 is 0 Å². The Hall–Kier alpha value is -4.16. The van der Waals surface area contributed by atoms with Gasteiger partial charge in [0.05, 0.1) is 11.7 Å². The monoisotopic (exact) mass is 601 g/mol. The first-order valence-corrected chi connectivity index (χ1v) is 14.8. The molecule has 228 valence electrons. The zero-order valence-corrected chi connectivity index (χ0v) is 24.5. The lowest BCUT2D eigenvalue weighted by atomic mass is 9.44. The summed E-state index contributed by atoms with van der Waals surface area (Å²) in [5, 5.41) is 20.8. The van der Waals surface area contributed by atoms with Gasteiger partial charge >= 0.3 is 11.9 Å². The molecule has 6 rings (SSSR count). The van der Waals surface area contributed by atoms with Gasteiger partial charge in [-0.3, -0.25) is 4.79 Å². The van der Waals surface area contributed by atoms with E-state index in [1.165, 1.54) is 19.1 Å². The number of hydrogen-bond donors (Lipinski definition) is 1. The average molecular weight is 602 g/mol. The van der Waals surface area contributed by atoms with Crippen LogP contribution in [0.2, 0.25) is 0 Å². The Kier molecular flexibility index (Phi) is 7.12. The highest BCUT2D eigenvalue weighted by atomic mass is 19.1. The lowest BCUT2D eigenvalue weighted by Crippen LogP contribution is -2.70. The average Bonchev–Trinajstić information content (AvgIpc) is 3.30. The molecular weight excluding hydrogens is 568 g/mol. The van der Waals surface area contributed by atoms with Gasteiger partial charge in [0.2, 0.25) is 5.60 Å². The van der Waals surface area contributed by atoms with Gasteiger partial charge in [0.25, 0.3) is 0 Å². The number of halogens is 2. The number of alkyl halides is 2. The Morgan fingerprint density at radius 3 is 2.43 bits per heavy atom. The predicted octanol–water partition coefficient (Wildman–Crippen LogP) is 5.63. The summed E-state index contributed by atoms with van der Waals surface area (Å²) in [5.74, 6) is -3.98. The Labute approximate surface area is 254 Å². The van der Waals surface area contributed by atoms with Gasteiger partial charge in [-0.15, -0.1) is 0 Å². The molecule has 44 heavy (non-hydrogen) atoms. The van der Waals surface area contributed by atoms with Crippen molar-refractivity contribution in [2.75, 3.05) is 6.61 Å². The SMILES string of the molecule is C[C@]12C=CC(=O)C=C1[C@@H](F)C[C@H]1[C@@H]3CCC(OC(=O)c4ccc(-c5ccccc5)cc4)(C(=O)OCC#N)[C@@]3(C)C[C@H](O)C12F. The maximum Gasteiger partial charge on any atom is 0.352 e. The molecule has 3 saturated carbocycles. The highest BCUT2D eigenvalue weighted by Gasteiger charge is 2.77. The molecule has 0 aliphatic heterocycles. The predicted molar refractivity (Wildman–Crippen MR) is 155 cm³/mol. The Balaban J connectivity index is 1.37. The van der Waals surface area contributed by atoms with E-state index in [-0.39, 0.29) is 36.8 Å². The summed E-state index contributed by atoms with van der Waals surface area (Å²) in [6, 6.07) is 18.0. The molecule has 4 aliphatic carbocycles. The molecule has 0 spiro atoms. The molecule has 2 aromatic rings. The highest BCUT2D eigenvalue weighted by molar-refractivity contribution is 6.01.